The van der Waals surface area contributed by atoms with Crippen molar-refractivity contribution in [3.63, 3.8) is 0 Å². The van der Waals surface area contributed by atoms with E-state index < -0.39 is 10.0 Å². The van der Waals surface area contributed by atoms with Crippen LogP contribution in [-0.2, 0) is 10.0 Å². The number of anilines is 1. The van der Waals surface area contributed by atoms with Crippen LogP contribution in [0.25, 0.3) is 0 Å². The lowest BCUT2D eigenvalue weighted by Crippen LogP contribution is -2.10. The second-order valence-electron chi connectivity index (χ2n) is 5.56. The van der Waals surface area contributed by atoms with Crippen molar-refractivity contribution in [2.45, 2.75) is 20.3 Å². The molecule has 0 amide bonds. The molecular weight excluding hydrogens is 250 g/mol. The van der Waals surface area contributed by atoms with Gasteiger partial charge in [0.15, 0.2) is 5.78 Å². The van der Waals surface area contributed by atoms with Crippen LogP contribution in [0.3, 0.4) is 0 Å². The fourth-order valence-corrected chi connectivity index (χ4v) is 2.60. The molecule has 1 N–H and O–H groups in total. The van der Waals surface area contributed by atoms with Crippen LogP contribution in [-0.4, -0.2) is 20.5 Å². The van der Waals surface area contributed by atoms with E-state index in [2.05, 4.69) is 18.6 Å². The Kier molecular flexibility index (Phi) is 2.97. The van der Waals surface area contributed by atoms with Crippen molar-refractivity contribution in [3.8, 4) is 0 Å². The molecule has 1 unspecified atom stereocenters. The zero-order valence-electron chi connectivity index (χ0n) is 10.7. The molecule has 1 atom stereocenters. The highest BCUT2D eigenvalue weighted by atomic mass is 32.2. The van der Waals surface area contributed by atoms with Gasteiger partial charge in [-0.3, -0.25) is 9.52 Å². The highest BCUT2D eigenvalue weighted by Crippen LogP contribution is 2.53. The Bertz CT molecular complexity index is 573. The predicted molar refractivity (Wildman–Crippen MR) is 71.1 cm³/mol. The molecule has 1 saturated carbocycles. The van der Waals surface area contributed by atoms with E-state index in [-0.39, 0.29) is 17.1 Å². The molecule has 0 radical (unpaired) electrons. The number of hydrogen-bond acceptors (Lipinski definition) is 3. The Labute approximate surface area is 107 Å². The van der Waals surface area contributed by atoms with E-state index in [1.807, 2.05) is 0 Å². The van der Waals surface area contributed by atoms with E-state index in [0.717, 1.165) is 12.7 Å². The van der Waals surface area contributed by atoms with Gasteiger partial charge in [-0.2, -0.15) is 0 Å². The third-order valence-electron chi connectivity index (χ3n) is 3.30. The zero-order chi connectivity index (χ0) is 13.6. The van der Waals surface area contributed by atoms with Crippen molar-refractivity contribution in [3.05, 3.63) is 29.8 Å². The standard InChI is InChI=1S/C13H17NO3S/c1-13(2)8-11(13)12(15)9-4-6-10(7-5-9)14-18(3,16)17/h4-7,11,14H,8H2,1-3H3. The van der Waals surface area contributed by atoms with Crippen LogP contribution in [0.4, 0.5) is 5.69 Å². The molecule has 0 aromatic heterocycles. The molecule has 1 aliphatic carbocycles. The van der Waals surface area contributed by atoms with Crippen LogP contribution >= 0.6 is 0 Å². The van der Waals surface area contributed by atoms with Gasteiger partial charge in [-0.1, -0.05) is 13.8 Å². The Morgan fingerprint density at radius 2 is 1.78 bits per heavy atom. The minimum absolute atomic E-state index is 0.103. The minimum Gasteiger partial charge on any atom is -0.294 e. The molecule has 0 spiro atoms. The third-order valence-corrected chi connectivity index (χ3v) is 3.91. The molecule has 98 valence electrons. The molecule has 18 heavy (non-hydrogen) atoms. The molecule has 1 aliphatic rings. The Balaban J connectivity index is 2.11. The molecule has 0 heterocycles. The van der Waals surface area contributed by atoms with Gasteiger partial charge in [0.1, 0.15) is 0 Å². The lowest BCUT2D eigenvalue weighted by Gasteiger charge is -2.06. The maximum absolute atomic E-state index is 12.1. The number of hydrogen-bond donors (Lipinski definition) is 1. The third kappa shape index (κ3) is 2.90. The van der Waals surface area contributed by atoms with Crippen molar-refractivity contribution < 1.29 is 13.2 Å². The highest BCUT2D eigenvalue weighted by molar-refractivity contribution is 7.92. The fraction of sp³-hybridized carbons (Fsp3) is 0.462. The van der Waals surface area contributed by atoms with Gasteiger partial charge < -0.3 is 0 Å². The molecule has 1 aromatic rings. The molecule has 4 nitrogen and oxygen atoms in total. The van der Waals surface area contributed by atoms with Gasteiger partial charge in [0, 0.05) is 17.2 Å². The van der Waals surface area contributed by atoms with Crippen LogP contribution in [0.1, 0.15) is 30.6 Å². The van der Waals surface area contributed by atoms with Crippen molar-refractivity contribution >= 4 is 21.5 Å². The second-order valence-corrected chi connectivity index (χ2v) is 7.31. The summed E-state index contributed by atoms with van der Waals surface area (Å²) in [5.74, 6) is 0.247. The fourth-order valence-electron chi connectivity index (χ4n) is 2.03. The molecule has 1 aromatic carbocycles. The van der Waals surface area contributed by atoms with Gasteiger partial charge in [0.25, 0.3) is 0 Å². The summed E-state index contributed by atoms with van der Waals surface area (Å²) in [4.78, 5) is 12.1. The molecule has 5 heteroatoms. The normalized spacial score (nSPS) is 21.4. The van der Waals surface area contributed by atoms with E-state index in [9.17, 15) is 13.2 Å². The van der Waals surface area contributed by atoms with Gasteiger partial charge in [-0.05, 0) is 36.1 Å². The first-order chi connectivity index (χ1) is 8.19. The van der Waals surface area contributed by atoms with Crippen LogP contribution in [0.5, 0.6) is 0 Å². The Morgan fingerprint density at radius 3 is 2.17 bits per heavy atom. The van der Waals surface area contributed by atoms with Crippen molar-refractivity contribution in [1.82, 2.24) is 0 Å². The predicted octanol–water partition coefficient (Wildman–Crippen LogP) is 2.29. The molecule has 1 fully saturated rings. The molecule has 0 bridgehead atoms. The van der Waals surface area contributed by atoms with Crippen molar-refractivity contribution in [2.24, 2.45) is 11.3 Å². The van der Waals surface area contributed by atoms with Gasteiger partial charge in [0.2, 0.25) is 10.0 Å². The molecular formula is C13H17NO3S. The average molecular weight is 267 g/mol. The van der Waals surface area contributed by atoms with E-state index in [1.165, 1.54) is 0 Å². The minimum atomic E-state index is -3.27. The SMILES string of the molecule is CC1(C)CC1C(=O)c1ccc(NS(C)(=O)=O)cc1. The van der Waals surface area contributed by atoms with Crippen LogP contribution < -0.4 is 4.72 Å². The lowest BCUT2D eigenvalue weighted by molar-refractivity contribution is 0.0953. The summed E-state index contributed by atoms with van der Waals surface area (Å²) in [6, 6.07) is 6.57. The largest absolute Gasteiger partial charge is 0.294 e. The topological polar surface area (TPSA) is 63.2 Å². The van der Waals surface area contributed by atoms with Gasteiger partial charge >= 0.3 is 0 Å². The number of nitrogens with one attached hydrogen (secondary N) is 1. The highest BCUT2D eigenvalue weighted by Gasteiger charge is 2.50. The summed E-state index contributed by atoms with van der Waals surface area (Å²) in [5, 5.41) is 0. The maximum atomic E-state index is 12.1. The second kappa shape index (κ2) is 4.09. The number of carbonyl (C=O) groups is 1. The monoisotopic (exact) mass is 267 g/mol. The summed E-state index contributed by atoms with van der Waals surface area (Å²) in [6.45, 7) is 4.16. The molecule has 2 rings (SSSR count). The number of rotatable bonds is 4. The zero-order valence-corrected chi connectivity index (χ0v) is 11.5. The number of Topliss-reactive ketones (excluding diaryl/α,β-unsaturated/α-hetero) is 1. The summed E-state index contributed by atoms with van der Waals surface area (Å²) in [7, 11) is -3.27. The van der Waals surface area contributed by atoms with Gasteiger partial charge in [-0.25, -0.2) is 8.42 Å². The first kappa shape index (κ1) is 13.1. The number of benzene rings is 1. The lowest BCUT2D eigenvalue weighted by atomic mass is 10.0. The first-order valence-electron chi connectivity index (χ1n) is 5.81. The first-order valence-corrected chi connectivity index (χ1v) is 7.70. The van der Waals surface area contributed by atoms with E-state index in [0.29, 0.717) is 11.3 Å². The van der Waals surface area contributed by atoms with Crippen molar-refractivity contribution in [1.29, 1.82) is 0 Å². The summed E-state index contributed by atoms with van der Waals surface area (Å²) >= 11 is 0. The summed E-state index contributed by atoms with van der Waals surface area (Å²) < 4.78 is 24.5. The van der Waals surface area contributed by atoms with E-state index >= 15 is 0 Å². The van der Waals surface area contributed by atoms with E-state index in [1.54, 1.807) is 24.3 Å². The maximum Gasteiger partial charge on any atom is 0.229 e. The Morgan fingerprint density at radius 1 is 1.28 bits per heavy atom. The summed E-state index contributed by atoms with van der Waals surface area (Å²) in [5.41, 5.74) is 1.23. The molecule has 0 aliphatic heterocycles. The number of ketones is 1. The quantitative estimate of drug-likeness (QED) is 0.851. The van der Waals surface area contributed by atoms with Gasteiger partial charge in [0.05, 0.1) is 6.26 Å². The van der Waals surface area contributed by atoms with Crippen LogP contribution in [0, 0.1) is 11.3 Å². The van der Waals surface area contributed by atoms with Crippen LogP contribution in [0.2, 0.25) is 0 Å². The smallest absolute Gasteiger partial charge is 0.229 e. The average Bonchev–Trinajstić information content (AvgIpc) is 2.85. The number of carbonyl (C=O) groups excluding carboxylic acids is 1. The van der Waals surface area contributed by atoms with Crippen LogP contribution in [0.15, 0.2) is 24.3 Å². The van der Waals surface area contributed by atoms with Gasteiger partial charge in [-0.15, -0.1) is 0 Å². The Hall–Kier alpha value is -1.36. The van der Waals surface area contributed by atoms with Crippen molar-refractivity contribution in [2.75, 3.05) is 11.0 Å². The summed E-state index contributed by atoms with van der Waals surface area (Å²) in [6.07, 6.45) is 2.02. The number of sulfonamides is 1. The van der Waals surface area contributed by atoms with E-state index in [4.69, 9.17) is 0 Å². The molecule has 0 saturated heterocycles.